The van der Waals surface area contributed by atoms with Gasteiger partial charge in [-0.15, -0.1) is 0 Å². The SMILES string of the molecule is Cc1c(CC(=O)N2CCCC3=C[C@@H]4C[C@H](CN5CCCC[C@H]45)[C@@H]32)c(=O)oc2cc3c(cc12)CCC(C)(C)O3. The Morgan fingerprint density at radius 1 is 1.13 bits per heavy atom. The molecular formula is C32H40N2O4. The summed E-state index contributed by atoms with van der Waals surface area (Å²) in [5.74, 6) is 2.01. The van der Waals surface area contributed by atoms with Crippen molar-refractivity contribution in [3.8, 4) is 5.75 Å². The molecule has 7 rings (SSSR count). The molecule has 5 aliphatic rings. The number of hydrogen-bond donors (Lipinski definition) is 0. The van der Waals surface area contributed by atoms with Crippen molar-refractivity contribution in [3.05, 3.63) is 50.9 Å². The van der Waals surface area contributed by atoms with Gasteiger partial charge in [0.05, 0.1) is 18.0 Å². The van der Waals surface area contributed by atoms with E-state index in [9.17, 15) is 9.59 Å². The zero-order chi connectivity index (χ0) is 26.2. The number of hydrogen-bond acceptors (Lipinski definition) is 5. The summed E-state index contributed by atoms with van der Waals surface area (Å²) in [6, 6.07) is 4.86. The summed E-state index contributed by atoms with van der Waals surface area (Å²) in [5, 5.41) is 0.914. The molecule has 2 bridgehead atoms. The van der Waals surface area contributed by atoms with E-state index in [4.69, 9.17) is 9.15 Å². The molecule has 0 spiro atoms. The number of aryl methyl sites for hydroxylation is 2. The van der Waals surface area contributed by atoms with E-state index in [0.717, 1.165) is 61.0 Å². The van der Waals surface area contributed by atoms with Gasteiger partial charge in [-0.25, -0.2) is 4.79 Å². The van der Waals surface area contributed by atoms with Crippen molar-refractivity contribution in [1.29, 1.82) is 0 Å². The van der Waals surface area contributed by atoms with E-state index in [2.05, 4.69) is 35.8 Å². The minimum absolute atomic E-state index is 0.0672. The van der Waals surface area contributed by atoms with Crippen LogP contribution in [0.25, 0.3) is 11.0 Å². The molecule has 1 aromatic heterocycles. The van der Waals surface area contributed by atoms with Crippen LogP contribution < -0.4 is 10.4 Å². The predicted molar refractivity (Wildman–Crippen MR) is 148 cm³/mol. The Morgan fingerprint density at radius 3 is 2.87 bits per heavy atom. The second kappa shape index (κ2) is 8.97. The molecule has 5 heterocycles. The Kier molecular flexibility index (Phi) is 5.77. The molecule has 1 amide bonds. The van der Waals surface area contributed by atoms with Crippen molar-refractivity contribution in [2.45, 2.75) is 96.2 Å². The van der Waals surface area contributed by atoms with Crippen molar-refractivity contribution in [2.24, 2.45) is 11.8 Å². The minimum atomic E-state index is -0.399. The number of benzene rings is 1. The van der Waals surface area contributed by atoms with Crippen molar-refractivity contribution in [1.82, 2.24) is 9.80 Å². The maximum absolute atomic E-state index is 13.9. The molecule has 0 N–H and O–H groups in total. The lowest BCUT2D eigenvalue weighted by Crippen LogP contribution is -2.60. The highest BCUT2D eigenvalue weighted by Gasteiger charge is 2.47. The Hall–Kier alpha value is -2.60. The number of ether oxygens (including phenoxy) is 1. The molecule has 3 fully saturated rings. The third-order valence-corrected chi connectivity index (χ3v) is 10.2. The summed E-state index contributed by atoms with van der Waals surface area (Å²) in [6.07, 6.45) is 11.8. The van der Waals surface area contributed by atoms with Crippen LogP contribution in [-0.2, 0) is 17.6 Å². The van der Waals surface area contributed by atoms with Crippen molar-refractivity contribution < 1.29 is 13.9 Å². The van der Waals surface area contributed by atoms with Gasteiger partial charge in [0.1, 0.15) is 16.9 Å². The van der Waals surface area contributed by atoms with E-state index in [-0.39, 0.29) is 24.0 Å². The molecule has 0 unspecified atom stereocenters. The topological polar surface area (TPSA) is 63.0 Å². The van der Waals surface area contributed by atoms with Crippen LogP contribution in [0.5, 0.6) is 5.75 Å². The van der Waals surface area contributed by atoms with Crippen LogP contribution in [0.15, 0.2) is 33.0 Å². The number of carbonyl (C=O) groups excluding carboxylic acids is 1. The van der Waals surface area contributed by atoms with Gasteiger partial charge in [0.15, 0.2) is 0 Å². The number of piperidine rings is 3. The first-order chi connectivity index (χ1) is 18.3. The Labute approximate surface area is 225 Å². The molecule has 38 heavy (non-hydrogen) atoms. The highest BCUT2D eigenvalue weighted by Crippen LogP contribution is 2.45. The number of rotatable bonds is 2. The number of fused-ring (bicyclic) bond motifs is 8. The summed E-state index contributed by atoms with van der Waals surface area (Å²) in [5.41, 5.74) is 3.90. The normalized spacial score (nSPS) is 30.1. The minimum Gasteiger partial charge on any atom is -0.487 e. The fraction of sp³-hybridized carbons (Fsp3) is 0.625. The van der Waals surface area contributed by atoms with E-state index in [1.165, 1.54) is 37.8 Å². The lowest BCUT2D eigenvalue weighted by atomic mass is 9.68. The van der Waals surface area contributed by atoms with Gasteiger partial charge in [0.25, 0.3) is 0 Å². The van der Waals surface area contributed by atoms with E-state index in [1.54, 1.807) is 0 Å². The van der Waals surface area contributed by atoms with Crippen LogP contribution >= 0.6 is 0 Å². The van der Waals surface area contributed by atoms with Gasteiger partial charge in [0, 0.05) is 30.6 Å². The summed E-state index contributed by atoms with van der Waals surface area (Å²) >= 11 is 0. The maximum atomic E-state index is 13.9. The maximum Gasteiger partial charge on any atom is 0.340 e. The smallest absolute Gasteiger partial charge is 0.340 e. The summed E-state index contributed by atoms with van der Waals surface area (Å²) in [7, 11) is 0. The monoisotopic (exact) mass is 516 g/mol. The molecular weight excluding hydrogens is 476 g/mol. The molecule has 4 atom stereocenters. The standard InChI is InChI=1S/C32H40N2O4/c1-19-24-15-20-9-10-32(2,3)38-27(20)17-28(24)37-31(36)25(19)16-29(35)34-12-6-7-21-13-22-14-23(30(21)34)18-33-11-5-4-8-26(22)33/h13,15,17,22-23,26,30H,4-12,14,16,18H2,1-3H3/t22-,23-,26-,30-/m1/s1. The quantitative estimate of drug-likeness (QED) is 0.407. The molecule has 3 saturated heterocycles. The third kappa shape index (κ3) is 4.02. The number of amides is 1. The summed E-state index contributed by atoms with van der Waals surface area (Å²) in [6.45, 7) is 9.22. The average molecular weight is 517 g/mol. The molecule has 6 nitrogen and oxygen atoms in total. The van der Waals surface area contributed by atoms with Crippen LogP contribution in [0.2, 0.25) is 0 Å². The van der Waals surface area contributed by atoms with Gasteiger partial charge in [-0.1, -0.05) is 18.1 Å². The van der Waals surface area contributed by atoms with E-state index in [0.29, 0.717) is 29.0 Å². The van der Waals surface area contributed by atoms with E-state index in [1.807, 2.05) is 13.0 Å². The Balaban J connectivity index is 1.18. The average Bonchev–Trinajstić information content (AvgIpc) is 2.89. The Bertz CT molecular complexity index is 1390. The van der Waals surface area contributed by atoms with Crippen LogP contribution in [-0.4, -0.2) is 53.0 Å². The van der Waals surface area contributed by atoms with Crippen molar-refractivity contribution in [2.75, 3.05) is 19.6 Å². The second-order valence-electron chi connectivity index (χ2n) is 13.1. The van der Waals surface area contributed by atoms with Crippen molar-refractivity contribution >= 4 is 16.9 Å². The molecule has 6 heteroatoms. The molecule has 0 saturated carbocycles. The zero-order valence-corrected chi connectivity index (χ0v) is 23.1. The lowest BCUT2D eigenvalue weighted by Gasteiger charge is -2.54. The number of carbonyl (C=O) groups is 1. The lowest BCUT2D eigenvalue weighted by molar-refractivity contribution is -0.135. The summed E-state index contributed by atoms with van der Waals surface area (Å²) < 4.78 is 12.0. The number of nitrogens with zero attached hydrogens (tertiary/aromatic N) is 2. The first-order valence-corrected chi connectivity index (χ1v) is 14.8. The van der Waals surface area contributed by atoms with Gasteiger partial charge in [-0.3, -0.25) is 9.69 Å². The fourth-order valence-electron chi connectivity index (χ4n) is 8.25. The van der Waals surface area contributed by atoms with Gasteiger partial charge < -0.3 is 14.1 Å². The van der Waals surface area contributed by atoms with Crippen LogP contribution in [0.3, 0.4) is 0 Å². The largest absolute Gasteiger partial charge is 0.487 e. The first-order valence-electron chi connectivity index (χ1n) is 14.8. The zero-order valence-electron chi connectivity index (χ0n) is 23.1. The van der Waals surface area contributed by atoms with Crippen molar-refractivity contribution in [3.63, 3.8) is 0 Å². The third-order valence-electron chi connectivity index (χ3n) is 10.2. The van der Waals surface area contributed by atoms with E-state index >= 15 is 0 Å². The van der Waals surface area contributed by atoms with E-state index < -0.39 is 5.63 Å². The molecule has 1 aromatic carbocycles. The van der Waals surface area contributed by atoms with Crippen LogP contribution in [0.1, 0.15) is 75.5 Å². The molecule has 1 aliphatic carbocycles. The van der Waals surface area contributed by atoms with Gasteiger partial charge in [-0.05, 0) is 101 Å². The fourth-order valence-corrected chi connectivity index (χ4v) is 8.25. The van der Waals surface area contributed by atoms with Crippen LogP contribution in [0, 0.1) is 18.8 Å². The number of likely N-dealkylation sites (tertiary alicyclic amines) is 1. The van der Waals surface area contributed by atoms with Gasteiger partial charge in [0.2, 0.25) is 5.91 Å². The predicted octanol–water partition coefficient (Wildman–Crippen LogP) is 5.17. The molecule has 2 aromatic rings. The van der Waals surface area contributed by atoms with Crippen LogP contribution in [0.4, 0.5) is 0 Å². The highest BCUT2D eigenvalue weighted by molar-refractivity contribution is 5.86. The van der Waals surface area contributed by atoms with Gasteiger partial charge in [-0.2, -0.15) is 0 Å². The molecule has 0 radical (unpaired) electrons. The highest BCUT2D eigenvalue weighted by atomic mass is 16.5. The second-order valence-corrected chi connectivity index (χ2v) is 13.1. The summed E-state index contributed by atoms with van der Waals surface area (Å²) in [4.78, 5) is 31.9. The first kappa shape index (κ1) is 24.4. The van der Waals surface area contributed by atoms with Gasteiger partial charge >= 0.3 is 5.63 Å². The Morgan fingerprint density at radius 2 is 2.00 bits per heavy atom. The molecule has 202 valence electrons. The molecule has 4 aliphatic heterocycles.